The molecule has 79 heavy (non-hydrogen) atoms. The number of nitrogens with zero attached hydrogens (tertiary/aromatic N) is 3. The molecule has 1 saturated heterocycles. The Hall–Kier alpha value is -5.34. The van der Waals surface area contributed by atoms with E-state index >= 15 is 0 Å². The van der Waals surface area contributed by atoms with Crippen molar-refractivity contribution in [1.29, 1.82) is 0 Å². The summed E-state index contributed by atoms with van der Waals surface area (Å²) in [7, 11) is 8.44. The average Bonchev–Trinajstić information content (AvgIpc) is 3.87. The Kier molecular flexibility index (Phi) is 29.0. The Morgan fingerprint density at radius 1 is 0.734 bits per heavy atom. The molecular weight excluding hydrogens is 1010 g/mol. The number of amides is 7. The van der Waals surface area contributed by atoms with Gasteiger partial charge in [0.15, 0.2) is 0 Å². The number of rotatable bonds is 32. The third kappa shape index (κ3) is 21.9. The maximum absolute atomic E-state index is 14.5. The zero-order chi connectivity index (χ0) is 60.1. The van der Waals surface area contributed by atoms with Crippen LogP contribution in [0.5, 0.6) is 0 Å². The van der Waals surface area contributed by atoms with Crippen molar-refractivity contribution in [2.24, 2.45) is 35.0 Å². The molecule has 1 heterocycles. The molecule has 1 aliphatic heterocycles. The predicted octanol–water partition coefficient (Wildman–Crippen LogP) is 5.49. The fourth-order valence-electron chi connectivity index (χ4n) is 10.2. The van der Waals surface area contributed by atoms with Gasteiger partial charge in [-0.3, -0.25) is 38.5 Å². The van der Waals surface area contributed by atoms with Gasteiger partial charge in [0.25, 0.3) is 0 Å². The van der Waals surface area contributed by atoms with Gasteiger partial charge in [-0.1, -0.05) is 99.1 Å². The third-order valence-corrected chi connectivity index (χ3v) is 14.9. The summed E-state index contributed by atoms with van der Waals surface area (Å²) in [5, 5.41) is 14.3. The minimum Gasteiger partial charge on any atom is -0.465 e. The summed E-state index contributed by atoms with van der Waals surface area (Å²) in [6.07, 6.45) is 0.512. The molecule has 20 nitrogen and oxygen atoms in total. The SMILES string of the molecule is CC[C@H](C)[C@@H]([C@@H](CC(=O)N1CCC[C@H]1[C@H](OC)[C@@H](C)C(=O)N[C@@H](Cc1ccccc1)C(=O)NCCCOC(=O)C(C)(C)CCNC(=O)[C@@H](NC(=O)OC(C)(C)C)C(C)C)OC)N(C)C(=O)[C@@H](NC(=O)[C@H](C(C)C)N(C)C)C(C)C. The molecule has 5 N–H and O–H groups in total. The van der Waals surface area contributed by atoms with Gasteiger partial charge in [0.1, 0.15) is 23.7 Å². The van der Waals surface area contributed by atoms with E-state index < -0.39 is 95.2 Å². The quantitative estimate of drug-likeness (QED) is 0.0443. The van der Waals surface area contributed by atoms with E-state index in [4.69, 9.17) is 18.9 Å². The van der Waals surface area contributed by atoms with E-state index in [-0.39, 0.29) is 86.8 Å². The van der Waals surface area contributed by atoms with Crippen LogP contribution in [0.25, 0.3) is 0 Å². The minimum absolute atomic E-state index is 0.00962. The lowest BCUT2D eigenvalue weighted by molar-refractivity contribution is -0.154. The number of likely N-dealkylation sites (N-methyl/N-ethyl adjacent to an activating group) is 2. The highest BCUT2D eigenvalue weighted by atomic mass is 16.6. The maximum Gasteiger partial charge on any atom is 0.408 e. The van der Waals surface area contributed by atoms with Crippen molar-refractivity contribution in [3.05, 3.63) is 35.9 Å². The molecule has 0 spiro atoms. The number of methoxy groups -OCH3 is 2. The van der Waals surface area contributed by atoms with Gasteiger partial charge in [0.2, 0.25) is 35.4 Å². The van der Waals surface area contributed by atoms with Gasteiger partial charge in [0.05, 0.1) is 54.7 Å². The summed E-state index contributed by atoms with van der Waals surface area (Å²) in [4.78, 5) is 114. The fraction of sp³-hybridized carbons (Fsp3) is 0.763. The van der Waals surface area contributed by atoms with E-state index in [9.17, 15) is 38.4 Å². The van der Waals surface area contributed by atoms with Crippen LogP contribution in [0.4, 0.5) is 4.79 Å². The first-order chi connectivity index (χ1) is 36.8. The van der Waals surface area contributed by atoms with Crippen molar-refractivity contribution < 1.29 is 57.3 Å². The molecule has 450 valence electrons. The van der Waals surface area contributed by atoms with E-state index in [1.54, 1.807) is 72.2 Å². The third-order valence-electron chi connectivity index (χ3n) is 14.9. The lowest BCUT2D eigenvalue weighted by Gasteiger charge is -2.41. The average molecular weight is 1120 g/mol. The Labute approximate surface area is 473 Å². The first kappa shape index (κ1) is 69.8. The van der Waals surface area contributed by atoms with E-state index in [1.807, 2.05) is 90.9 Å². The molecule has 0 bridgehead atoms. The van der Waals surface area contributed by atoms with Crippen LogP contribution in [0, 0.1) is 35.0 Å². The highest BCUT2D eigenvalue weighted by Crippen LogP contribution is 2.30. The lowest BCUT2D eigenvalue weighted by Crippen LogP contribution is -2.59. The molecule has 20 heteroatoms. The summed E-state index contributed by atoms with van der Waals surface area (Å²) < 4.78 is 23.0. The second-order valence-corrected chi connectivity index (χ2v) is 24.3. The molecule has 1 aliphatic rings. The van der Waals surface area contributed by atoms with Crippen LogP contribution in [0.3, 0.4) is 0 Å². The van der Waals surface area contributed by atoms with Crippen molar-refractivity contribution in [3.8, 4) is 0 Å². The van der Waals surface area contributed by atoms with Gasteiger partial charge in [0, 0.05) is 47.3 Å². The second kappa shape index (κ2) is 32.8. The second-order valence-electron chi connectivity index (χ2n) is 24.3. The zero-order valence-corrected chi connectivity index (χ0v) is 51.4. The highest BCUT2D eigenvalue weighted by Gasteiger charge is 2.44. The Morgan fingerprint density at radius 3 is 1.87 bits per heavy atom. The fourth-order valence-corrected chi connectivity index (χ4v) is 10.2. The van der Waals surface area contributed by atoms with E-state index in [0.717, 1.165) is 5.56 Å². The van der Waals surface area contributed by atoms with Crippen molar-refractivity contribution >= 4 is 47.5 Å². The maximum atomic E-state index is 14.5. The largest absolute Gasteiger partial charge is 0.465 e. The summed E-state index contributed by atoms with van der Waals surface area (Å²) >= 11 is 0. The number of alkyl carbamates (subject to hydrolysis) is 1. The normalized spacial score (nSPS) is 17.4. The van der Waals surface area contributed by atoms with Gasteiger partial charge >= 0.3 is 12.1 Å². The number of carbonyl (C=O) groups excluding carboxylic acids is 8. The predicted molar refractivity (Wildman–Crippen MR) is 305 cm³/mol. The lowest BCUT2D eigenvalue weighted by atomic mass is 9.89. The molecule has 0 aromatic heterocycles. The number of carbonyl (C=O) groups is 8. The van der Waals surface area contributed by atoms with Crippen LogP contribution < -0.4 is 26.6 Å². The number of hydrogen-bond donors (Lipinski definition) is 5. The molecule has 1 aromatic carbocycles. The molecule has 10 atom stereocenters. The number of benzene rings is 1. The van der Waals surface area contributed by atoms with E-state index in [2.05, 4.69) is 26.6 Å². The minimum atomic E-state index is -0.977. The topological polar surface area (TPSA) is 243 Å². The van der Waals surface area contributed by atoms with Gasteiger partial charge in [-0.05, 0) is 104 Å². The molecule has 0 unspecified atom stereocenters. The summed E-state index contributed by atoms with van der Waals surface area (Å²) in [5.74, 6) is -3.76. The molecule has 0 saturated carbocycles. The van der Waals surface area contributed by atoms with Crippen molar-refractivity contribution in [1.82, 2.24) is 41.3 Å². The van der Waals surface area contributed by atoms with Crippen LogP contribution in [-0.2, 0) is 58.9 Å². The molecular formula is C59H102N8O12. The van der Waals surface area contributed by atoms with Gasteiger partial charge in [-0.15, -0.1) is 0 Å². The Balaban J connectivity index is 2.15. The Bertz CT molecular complexity index is 2110. The molecule has 0 radical (unpaired) electrons. The number of ether oxygens (including phenoxy) is 4. The smallest absolute Gasteiger partial charge is 0.408 e. The molecule has 0 aliphatic carbocycles. The summed E-state index contributed by atoms with van der Waals surface area (Å²) in [6.45, 7) is 26.5. The first-order valence-electron chi connectivity index (χ1n) is 28.5. The van der Waals surface area contributed by atoms with Gasteiger partial charge < -0.3 is 55.3 Å². The van der Waals surface area contributed by atoms with Crippen LogP contribution in [0.15, 0.2) is 30.3 Å². The standard InChI is InChI=1S/C59H102N8O12/c1-20-39(8)49(66(17)55(73)47(37(4)5)63-54(72)48(38(6)7)65(15)16)44(76-18)35-45(68)67-32-24-28-43(67)50(77-19)40(9)51(69)62-42(34-41-26-22-21-23-27-41)52(70)60-30-25-33-78-56(74)59(13,14)29-31-61-53(71)46(36(2)3)64-57(75)79-58(10,11)12/h21-23,26-27,36-40,42-44,46-50H,20,24-25,28-35H2,1-19H3,(H,60,70)(H,61,71)(H,62,69)(H,63,72)(H,64,75)/t39-,40+,42-,43-,44+,46-,47-,48-,49-,50+/m0/s1. The molecule has 2 rings (SSSR count). The zero-order valence-electron chi connectivity index (χ0n) is 51.4. The molecule has 7 amide bonds. The van der Waals surface area contributed by atoms with Crippen molar-refractivity contribution in [3.63, 3.8) is 0 Å². The highest BCUT2D eigenvalue weighted by molar-refractivity contribution is 5.91. The van der Waals surface area contributed by atoms with Crippen molar-refractivity contribution in [2.75, 3.05) is 61.6 Å². The molecule has 1 fully saturated rings. The van der Waals surface area contributed by atoms with Crippen LogP contribution in [0.2, 0.25) is 0 Å². The number of nitrogens with one attached hydrogen (secondary N) is 5. The van der Waals surface area contributed by atoms with Gasteiger partial charge in [-0.2, -0.15) is 0 Å². The van der Waals surface area contributed by atoms with Crippen LogP contribution in [-0.4, -0.2) is 178 Å². The monoisotopic (exact) mass is 1110 g/mol. The number of hydrogen-bond acceptors (Lipinski definition) is 13. The van der Waals surface area contributed by atoms with Crippen LogP contribution in [0.1, 0.15) is 141 Å². The number of likely N-dealkylation sites (tertiary alicyclic amines) is 1. The first-order valence-corrected chi connectivity index (χ1v) is 28.5. The van der Waals surface area contributed by atoms with Crippen LogP contribution >= 0.6 is 0 Å². The summed E-state index contributed by atoms with van der Waals surface area (Å²) in [5.41, 5.74) is -0.867. The van der Waals surface area contributed by atoms with E-state index in [1.165, 1.54) is 14.2 Å². The molecule has 1 aromatic rings. The summed E-state index contributed by atoms with van der Waals surface area (Å²) in [6, 6.07) is 5.26. The Morgan fingerprint density at radius 2 is 1.34 bits per heavy atom. The van der Waals surface area contributed by atoms with E-state index in [0.29, 0.717) is 25.8 Å². The van der Waals surface area contributed by atoms with Gasteiger partial charge in [-0.25, -0.2) is 4.79 Å². The number of esters is 1. The van der Waals surface area contributed by atoms with Crippen molar-refractivity contribution in [2.45, 2.75) is 196 Å².